The molecule has 0 radical (unpaired) electrons. The lowest BCUT2D eigenvalue weighted by Crippen LogP contribution is -2.28. The molecule has 0 aliphatic heterocycles. The molecule has 7 heteroatoms. The van der Waals surface area contributed by atoms with Crippen LogP contribution in [0.15, 0.2) is 34.2 Å². The predicted molar refractivity (Wildman–Crippen MR) is 52.5 cm³/mol. The number of pyridine rings is 1. The van der Waals surface area contributed by atoms with Crippen LogP contribution in [0, 0.1) is 0 Å². The second-order valence-electron chi connectivity index (χ2n) is 2.95. The van der Waals surface area contributed by atoms with Gasteiger partial charge in [0, 0.05) is 18.5 Å². The van der Waals surface area contributed by atoms with Gasteiger partial charge in [0.25, 0.3) is 5.91 Å². The summed E-state index contributed by atoms with van der Waals surface area (Å²) in [6, 6.07) is 1.28. The van der Waals surface area contributed by atoms with Crippen molar-refractivity contribution in [1.29, 1.82) is 0 Å². The van der Waals surface area contributed by atoms with Crippen molar-refractivity contribution in [3.8, 4) is 0 Å². The molecule has 0 aliphatic carbocycles. The molecule has 7 nitrogen and oxygen atoms in total. The van der Waals surface area contributed by atoms with Crippen LogP contribution in [0.3, 0.4) is 0 Å². The Morgan fingerprint density at radius 2 is 2.44 bits per heavy atom. The molecule has 2 N–H and O–H groups in total. The Kier molecular flexibility index (Phi) is 2.77. The standard InChI is InChI=1S/C9H8N4O3/c14-7-1-2-10-3-6(7)9(15)11-4-8-12-5-16-13-8/h1-3,5H,4H2,(H,10,14)(H,11,15). The number of carbonyl (C=O) groups is 1. The second kappa shape index (κ2) is 4.39. The summed E-state index contributed by atoms with van der Waals surface area (Å²) in [5, 5.41) is 6.02. The number of hydrogen-bond acceptors (Lipinski definition) is 5. The first-order valence-corrected chi connectivity index (χ1v) is 4.48. The highest BCUT2D eigenvalue weighted by molar-refractivity contribution is 5.93. The number of H-pyrrole nitrogens is 1. The maximum atomic E-state index is 11.5. The molecule has 2 aromatic rings. The van der Waals surface area contributed by atoms with Crippen LogP contribution in [0.2, 0.25) is 0 Å². The van der Waals surface area contributed by atoms with Gasteiger partial charge in [0.05, 0.1) is 6.54 Å². The lowest BCUT2D eigenvalue weighted by Gasteiger charge is -2.00. The molecule has 0 bridgehead atoms. The summed E-state index contributed by atoms with van der Waals surface area (Å²) in [6.45, 7) is 0.115. The van der Waals surface area contributed by atoms with Gasteiger partial charge in [-0.3, -0.25) is 9.59 Å². The lowest BCUT2D eigenvalue weighted by atomic mass is 10.2. The zero-order chi connectivity index (χ0) is 11.4. The average molecular weight is 220 g/mol. The third-order valence-corrected chi connectivity index (χ3v) is 1.88. The third-order valence-electron chi connectivity index (χ3n) is 1.88. The highest BCUT2D eigenvalue weighted by Gasteiger charge is 2.09. The van der Waals surface area contributed by atoms with E-state index in [1.54, 1.807) is 0 Å². The van der Waals surface area contributed by atoms with Crippen molar-refractivity contribution in [3.05, 3.63) is 46.5 Å². The van der Waals surface area contributed by atoms with E-state index in [1.807, 2.05) is 0 Å². The van der Waals surface area contributed by atoms with Crippen LogP contribution in [-0.2, 0) is 6.54 Å². The number of hydrogen-bond donors (Lipinski definition) is 2. The molecule has 0 unspecified atom stereocenters. The molecule has 1 amide bonds. The summed E-state index contributed by atoms with van der Waals surface area (Å²) in [4.78, 5) is 29.2. The lowest BCUT2D eigenvalue weighted by molar-refractivity contribution is 0.0948. The summed E-state index contributed by atoms with van der Waals surface area (Å²) in [5.41, 5.74) is -0.296. The van der Waals surface area contributed by atoms with Crippen molar-refractivity contribution in [1.82, 2.24) is 20.4 Å². The normalized spacial score (nSPS) is 10.0. The van der Waals surface area contributed by atoms with Crippen molar-refractivity contribution in [2.45, 2.75) is 6.54 Å². The van der Waals surface area contributed by atoms with Crippen LogP contribution < -0.4 is 10.7 Å². The van der Waals surface area contributed by atoms with Crippen molar-refractivity contribution in [3.63, 3.8) is 0 Å². The molecule has 2 aromatic heterocycles. The number of aromatic nitrogens is 3. The fourth-order valence-electron chi connectivity index (χ4n) is 1.12. The minimum absolute atomic E-state index is 0.0472. The van der Waals surface area contributed by atoms with E-state index in [0.29, 0.717) is 5.82 Å². The monoisotopic (exact) mass is 220 g/mol. The minimum Gasteiger partial charge on any atom is -0.367 e. The number of carbonyl (C=O) groups excluding carboxylic acids is 1. The summed E-state index contributed by atoms with van der Waals surface area (Å²) >= 11 is 0. The van der Waals surface area contributed by atoms with E-state index in [1.165, 1.54) is 18.5 Å². The Morgan fingerprint density at radius 1 is 1.56 bits per heavy atom. The van der Waals surface area contributed by atoms with Crippen LogP contribution in [-0.4, -0.2) is 21.0 Å². The van der Waals surface area contributed by atoms with Crippen molar-refractivity contribution in [2.24, 2.45) is 0 Å². The summed E-state index contributed by atoms with van der Waals surface area (Å²) in [6.07, 6.45) is 3.96. The number of amides is 1. The Bertz CT molecular complexity index is 532. The van der Waals surface area contributed by atoms with Crippen LogP contribution in [0.1, 0.15) is 16.2 Å². The van der Waals surface area contributed by atoms with Gasteiger partial charge in [-0.25, -0.2) is 0 Å². The van der Waals surface area contributed by atoms with Gasteiger partial charge < -0.3 is 14.8 Å². The van der Waals surface area contributed by atoms with Gasteiger partial charge in [-0.1, -0.05) is 5.16 Å². The average Bonchev–Trinajstić information content (AvgIpc) is 2.79. The van der Waals surface area contributed by atoms with Crippen molar-refractivity contribution in [2.75, 3.05) is 0 Å². The molecule has 0 atom stereocenters. The van der Waals surface area contributed by atoms with Gasteiger partial charge >= 0.3 is 0 Å². The Hall–Kier alpha value is -2.44. The predicted octanol–water partition coefficient (Wildman–Crippen LogP) is -0.312. The quantitative estimate of drug-likeness (QED) is 0.738. The molecule has 0 spiro atoms. The highest BCUT2D eigenvalue weighted by Crippen LogP contribution is 1.91. The molecule has 82 valence electrons. The van der Waals surface area contributed by atoms with Gasteiger partial charge in [0.15, 0.2) is 11.3 Å². The summed E-state index contributed by atoms with van der Waals surface area (Å²) in [7, 11) is 0. The van der Waals surface area contributed by atoms with E-state index >= 15 is 0 Å². The van der Waals surface area contributed by atoms with Gasteiger partial charge in [0.2, 0.25) is 6.39 Å². The fourth-order valence-corrected chi connectivity index (χ4v) is 1.12. The van der Waals surface area contributed by atoms with E-state index in [4.69, 9.17) is 0 Å². The van der Waals surface area contributed by atoms with E-state index in [2.05, 4.69) is 25.0 Å². The Balaban J connectivity index is 2.04. The van der Waals surface area contributed by atoms with Crippen LogP contribution in [0.25, 0.3) is 0 Å². The zero-order valence-corrected chi connectivity index (χ0v) is 8.14. The molecule has 0 saturated carbocycles. The first-order chi connectivity index (χ1) is 7.77. The van der Waals surface area contributed by atoms with Crippen molar-refractivity contribution >= 4 is 5.91 Å². The van der Waals surface area contributed by atoms with Crippen molar-refractivity contribution < 1.29 is 9.32 Å². The smallest absolute Gasteiger partial charge is 0.257 e. The molecule has 2 heterocycles. The van der Waals surface area contributed by atoms with Crippen LogP contribution >= 0.6 is 0 Å². The highest BCUT2D eigenvalue weighted by atomic mass is 16.5. The molecule has 0 aliphatic rings. The Morgan fingerprint density at radius 3 is 3.12 bits per heavy atom. The van der Waals surface area contributed by atoms with E-state index < -0.39 is 5.91 Å². The molecular weight excluding hydrogens is 212 g/mol. The number of aromatic amines is 1. The topological polar surface area (TPSA) is 101 Å². The molecule has 0 aromatic carbocycles. The van der Waals surface area contributed by atoms with Crippen LogP contribution in [0.4, 0.5) is 0 Å². The van der Waals surface area contributed by atoms with Crippen LogP contribution in [0.5, 0.6) is 0 Å². The first-order valence-electron chi connectivity index (χ1n) is 4.48. The number of nitrogens with one attached hydrogen (secondary N) is 2. The number of rotatable bonds is 3. The van der Waals surface area contributed by atoms with E-state index in [-0.39, 0.29) is 17.5 Å². The third kappa shape index (κ3) is 2.14. The molecule has 2 rings (SSSR count). The maximum Gasteiger partial charge on any atom is 0.257 e. The molecule has 0 saturated heterocycles. The molecule has 16 heavy (non-hydrogen) atoms. The molecular formula is C9H8N4O3. The van der Waals surface area contributed by atoms with Gasteiger partial charge in [-0.2, -0.15) is 4.98 Å². The molecule has 0 fully saturated rings. The van der Waals surface area contributed by atoms with E-state index in [9.17, 15) is 9.59 Å². The SMILES string of the molecule is O=C(NCc1ncon1)c1c[nH]ccc1=O. The first kappa shape index (κ1) is 10.1. The van der Waals surface area contributed by atoms with Gasteiger partial charge in [-0.05, 0) is 0 Å². The minimum atomic E-state index is -0.480. The second-order valence-corrected chi connectivity index (χ2v) is 2.95. The number of nitrogens with zero attached hydrogens (tertiary/aromatic N) is 2. The largest absolute Gasteiger partial charge is 0.367 e. The summed E-state index contributed by atoms with van der Waals surface area (Å²) in [5.74, 6) is -0.132. The fraction of sp³-hybridized carbons (Fsp3) is 0.111. The Labute approximate surface area is 89.5 Å². The maximum absolute atomic E-state index is 11.5. The van der Waals surface area contributed by atoms with Gasteiger partial charge in [0.1, 0.15) is 5.56 Å². The summed E-state index contributed by atoms with van der Waals surface area (Å²) < 4.78 is 4.50. The van der Waals surface area contributed by atoms with Gasteiger partial charge in [-0.15, -0.1) is 0 Å². The van der Waals surface area contributed by atoms with E-state index in [0.717, 1.165) is 6.39 Å². The zero-order valence-electron chi connectivity index (χ0n) is 8.14.